The zero-order valence-corrected chi connectivity index (χ0v) is 20.2. The number of para-hydroxylation sites is 1. The van der Waals surface area contributed by atoms with Crippen LogP contribution in [0, 0.1) is 12.8 Å². The van der Waals surface area contributed by atoms with Crippen LogP contribution in [-0.4, -0.2) is 19.5 Å². The summed E-state index contributed by atoms with van der Waals surface area (Å²) in [7, 11) is 1.69. The Morgan fingerprint density at radius 2 is 1.81 bits per heavy atom. The first kappa shape index (κ1) is 26.5. The molecule has 0 spiro atoms. The minimum absolute atomic E-state index is 0.0555. The van der Waals surface area contributed by atoms with Crippen molar-refractivity contribution in [1.82, 2.24) is 0 Å². The van der Waals surface area contributed by atoms with Crippen molar-refractivity contribution in [2.75, 3.05) is 13.7 Å². The second-order valence-electron chi connectivity index (χ2n) is 8.27. The predicted molar refractivity (Wildman–Crippen MR) is 132 cm³/mol. The molecule has 0 unspecified atom stereocenters. The molecule has 0 amide bonds. The van der Waals surface area contributed by atoms with Gasteiger partial charge in [0.1, 0.15) is 11.5 Å². The number of hydrogen-bond acceptors (Lipinski definition) is 3. The Morgan fingerprint density at radius 1 is 1.06 bits per heavy atom. The van der Waals surface area contributed by atoms with Gasteiger partial charge < -0.3 is 9.47 Å². The van der Waals surface area contributed by atoms with Crippen LogP contribution >= 0.6 is 0 Å². The Bertz CT molecular complexity index is 806. The Kier molecular flexibility index (Phi) is 13.1. The molecule has 2 aromatic rings. The largest absolute Gasteiger partial charge is 0.496 e. The van der Waals surface area contributed by atoms with Crippen molar-refractivity contribution < 1.29 is 14.3 Å². The summed E-state index contributed by atoms with van der Waals surface area (Å²) >= 11 is 0. The van der Waals surface area contributed by atoms with E-state index in [0.29, 0.717) is 0 Å². The van der Waals surface area contributed by atoms with E-state index in [1.54, 1.807) is 20.1 Å². The number of carbonyl (C=O) groups excluding carboxylic acids is 1. The van der Waals surface area contributed by atoms with E-state index in [1.165, 1.54) is 30.4 Å². The van der Waals surface area contributed by atoms with Crippen LogP contribution in [-0.2, 0) is 11.2 Å². The van der Waals surface area contributed by atoms with Gasteiger partial charge in [-0.1, -0.05) is 70.0 Å². The van der Waals surface area contributed by atoms with Crippen LogP contribution in [0.4, 0.5) is 0 Å². The van der Waals surface area contributed by atoms with Crippen LogP contribution in [0.5, 0.6) is 11.5 Å². The van der Waals surface area contributed by atoms with Gasteiger partial charge in [-0.2, -0.15) is 0 Å². The number of carbonyl (C=O) groups is 1. The molecule has 0 radical (unpaired) electrons. The van der Waals surface area contributed by atoms with Crippen molar-refractivity contribution in [1.29, 1.82) is 0 Å². The third kappa shape index (κ3) is 11.4. The topological polar surface area (TPSA) is 35.5 Å². The number of ether oxygens (including phenoxy) is 2. The van der Waals surface area contributed by atoms with Crippen molar-refractivity contribution in [3.8, 4) is 11.5 Å². The fourth-order valence-corrected chi connectivity index (χ4v) is 3.03. The fourth-order valence-electron chi connectivity index (χ4n) is 3.03. The van der Waals surface area contributed by atoms with E-state index in [2.05, 4.69) is 39.8 Å². The van der Waals surface area contributed by atoms with Crippen LogP contribution in [0.25, 0.3) is 6.08 Å². The summed E-state index contributed by atoms with van der Waals surface area (Å²) in [5.41, 5.74) is 3.45. The van der Waals surface area contributed by atoms with Gasteiger partial charge in [0.2, 0.25) is 0 Å². The average molecular weight is 425 g/mol. The molecule has 0 saturated carbocycles. The molecule has 0 fully saturated rings. The van der Waals surface area contributed by atoms with Crippen molar-refractivity contribution in [2.45, 2.75) is 66.7 Å². The van der Waals surface area contributed by atoms with E-state index < -0.39 is 0 Å². The lowest BCUT2D eigenvalue weighted by Crippen LogP contribution is -1.97. The minimum Gasteiger partial charge on any atom is -0.496 e. The van der Waals surface area contributed by atoms with Gasteiger partial charge in [0.05, 0.1) is 13.7 Å². The molecule has 0 aliphatic carbocycles. The van der Waals surface area contributed by atoms with E-state index in [1.807, 2.05) is 36.4 Å². The summed E-state index contributed by atoms with van der Waals surface area (Å²) in [6.45, 7) is 11.1. The van der Waals surface area contributed by atoms with Crippen LogP contribution in [0.2, 0.25) is 0 Å². The maximum absolute atomic E-state index is 10.9. The highest BCUT2D eigenvalue weighted by atomic mass is 16.5. The summed E-state index contributed by atoms with van der Waals surface area (Å²) in [5.74, 6) is 2.73. The molecule has 3 heteroatoms. The quantitative estimate of drug-likeness (QED) is 0.277. The van der Waals surface area contributed by atoms with Crippen molar-refractivity contribution >= 4 is 11.9 Å². The standard InChI is InChI=1S/C17H24O2.C11H16O/c1-13(2)6-5-7-16-11-10-15(9-8-14(3)18)12-17(16)19-4;1-3-4-9-12-11-8-6-5-7-10(11)2/h8-13H,5-7H2,1-4H3;5-8H,3-4,9H2,1-2H3/b9-8+;. The third-order valence-electron chi connectivity index (χ3n) is 4.90. The molecule has 2 aromatic carbocycles. The van der Waals surface area contributed by atoms with Crippen LogP contribution in [0.3, 0.4) is 0 Å². The highest BCUT2D eigenvalue weighted by Gasteiger charge is 2.04. The molecule has 0 heterocycles. The molecule has 170 valence electrons. The molecule has 2 rings (SSSR count). The second kappa shape index (κ2) is 15.3. The van der Waals surface area contributed by atoms with E-state index in [4.69, 9.17) is 9.47 Å². The predicted octanol–water partition coefficient (Wildman–Crippen LogP) is 7.45. The number of hydrogen-bond donors (Lipinski definition) is 0. The summed E-state index contributed by atoms with van der Waals surface area (Å²) in [6, 6.07) is 14.2. The van der Waals surface area contributed by atoms with Crippen molar-refractivity contribution in [3.05, 3.63) is 65.2 Å². The lowest BCUT2D eigenvalue weighted by Gasteiger charge is -2.10. The van der Waals surface area contributed by atoms with Gasteiger partial charge in [-0.3, -0.25) is 4.79 Å². The van der Waals surface area contributed by atoms with E-state index >= 15 is 0 Å². The molecule has 31 heavy (non-hydrogen) atoms. The zero-order chi connectivity index (χ0) is 23.1. The van der Waals surface area contributed by atoms with Crippen LogP contribution < -0.4 is 9.47 Å². The second-order valence-corrected chi connectivity index (χ2v) is 8.27. The number of methoxy groups -OCH3 is 1. The summed E-state index contributed by atoms with van der Waals surface area (Å²) in [4.78, 5) is 10.9. The molecule has 0 aromatic heterocycles. The zero-order valence-electron chi connectivity index (χ0n) is 20.2. The summed E-state index contributed by atoms with van der Waals surface area (Å²) < 4.78 is 11.0. The maximum Gasteiger partial charge on any atom is 0.152 e. The van der Waals surface area contributed by atoms with Gasteiger partial charge in [-0.25, -0.2) is 0 Å². The number of benzene rings is 2. The highest BCUT2D eigenvalue weighted by Crippen LogP contribution is 2.23. The fraction of sp³-hybridized carbons (Fsp3) is 0.464. The number of ketones is 1. The molecule has 0 saturated heterocycles. The van der Waals surface area contributed by atoms with Crippen molar-refractivity contribution in [3.63, 3.8) is 0 Å². The van der Waals surface area contributed by atoms with Gasteiger partial charge >= 0.3 is 0 Å². The summed E-state index contributed by atoms with van der Waals surface area (Å²) in [5, 5.41) is 0. The average Bonchev–Trinajstić information content (AvgIpc) is 2.74. The molecular weight excluding hydrogens is 384 g/mol. The van der Waals surface area contributed by atoms with E-state index in [0.717, 1.165) is 42.4 Å². The molecule has 0 N–H and O–H groups in total. The monoisotopic (exact) mass is 424 g/mol. The first-order chi connectivity index (χ1) is 14.9. The van der Waals surface area contributed by atoms with Crippen LogP contribution in [0.1, 0.15) is 70.1 Å². The van der Waals surface area contributed by atoms with Gasteiger partial charge in [-0.05, 0) is 73.9 Å². The van der Waals surface area contributed by atoms with Gasteiger partial charge in [0, 0.05) is 0 Å². The number of allylic oxidation sites excluding steroid dienone is 1. The first-order valence-electron chi connectivity index (χ1n) is 11.4. The van der Waals surface area contributed by atoms with Gasteiger partial charge in [0.25, 0.3) is 0 Å². The molecule has 0 aliphatic rings. The Hall–Kier alpha value is -2.55. The minimum atomic E-state index is 0.0555. The smallest absolute Gasteiger partial charge is 0.152 e. The van der Waals surface area contributed by atoms with E-state index in [-0.39, 0.29) is 5.78 Å². The SMILES string of the molecule is CCCCOc1ccccc1C.COc1cc(/C=C/C(C)=O)ccc1CCCC(C)C. The normalized spacial score (nSPS) is 10.7. The van der Waals surface area contributed by atoms with Crippen LogP contribution in [0.15, 0.2) is 48.5 Å². The lowest BCUT2D eigenvalue weighted by atomic mass is 10.0. The molecule has 0 aliphatic heterocycles. The van der Waals surface area contributed by atoms with Gasteiger partial charge in [-0.15, -0.1) is 0 Å². The maximum atomic E-state index is 10.9. The molecule has 3 nitrogen and oxygen atoms in total. The Balaban J connectivity index is 0.000000343. The summed E-state index contributed by atoms with van der Waals surface area (Å²) in [6.07, 6.45) is 9.17. The Labute approximate surface area is 189 Å². The van der Waals surface area contributed by atoms with Crippen molar-refractivity contribution in [2.24, 2.45) is 5.92 Å². The Morgan fingerprint density at radius 3 is 2.42 bits per heavy atom. The third-order valence-corrected chi connectivity index (χ3v) is 4.90. The molecule has 0 bridgehead atoms. The molecule has 0 atom stereocenters. The first-order valence-corrected chi connectivity index (χ1v) is 11.4. The lowest BCUT2D eigenvalue weighted by molar-refractivity contribution is -0.112. The number of aryl methyl sites for hydroxylation is 2. The van der Waals surface area contributed by atoms with E-state index in [9.17, 15) is 4.79 Å². The number of unbranched alkanes of at least 4 members (excludes halogenated alkanes) is 1. The highest BCUT2D eigenvalue weighted by molar-refractivity contribution is 5.91. The van der Waals surface area contributed by atoms with Gasteiger partial charge in [0.15, 0.2) is 5.78 Å². The molecular formula is C28H40O3. The number of rotatable bonds is 11.